The molecular formula is C12H16O7. The molecule has 0 bridgehead atoms. The third kappa shape index (κ3) is 2.96. The predicted molar refractivity (Wildman–Crippen MR) is 62.5 cm³/mol. The van der Waals surface area contributed by atoms with Gasteiger partial charge in [0.2, 0.25) is 6.29 Å². The fourth-order valence-electron chi connectivity index (χ4n) is 1.82. The van der Waals surface area contributed by atoms with Crippen LogP contribution in [0.2, 0.25) is 0 Å². The molecule has 19 heavy (non-hydrogen) atoms. The van der Waals surface area contributed by atoms with E-state index in [-0.39, 0.29) is 5.75 Å². The zero-order chi connectivity index (χ0) is 14.0. The van der Waals surface area contributed by atoms with Crippen LogP contribution in [0.5, 0.6) is 11.5 Å². The predicted octanol–water partition coefficient (Wildman–Crippen LogP) is -1.43. The molecule has 1 aliphatic rings. The van der Waals surface area contributed by atoms with E-state index in [1.807, 2.05) is 0 Å². The first-order valence-electron chi connectivity index (χ1n) is 5.79. The molecule has 0 amide bonds. The molecule has 0 saturated carbocycles. The number of aliphatic hydroxyl groups is 4. The van der Waals surface area contributed by atoms with Crippen LogP contribution in [0, 0.1) is 0 Å². The van der Waals surface area contributed by atoms with Crippen molar-refractivity contribution in [1.82, 2.24) is 0 Å². The summed E-state index contributed by atoms with van der Waals surface area (Å²) in [5, 5.41) is 47.1. The third-order valence-electron chi connectivity index (χ3n) is 2.94. The minimum absolute atomic E-state index is 0.0566. The second-order valence-electron chi connectivity index (χ2n) is 4.31. The van der Waals surface area contributed by atoms with Crippen molar-refractivity contribution in [2.24, 2.45) is 0 Å². The summed E-state index contributed by atoms with van der Waals surface area (Å²) >= 11 is 0. The summed E-state index contributed by atoms with van der Waals surface area (Å²) in [6.07, 6.45) is -6.58. The van der Waals surface area contributed by atoms with Crippen molar-refractivity contribution in [1.29, 1.82) is 0 Å². The number of rotatable bonds is 3. The van der Waals surface area contributed by atoms with Gasteiger partial charge in [0.25, 0.3) is 0 Å². The topological polar surface area (TPSA) is 120 Å². The van der Waals surface area contributed by atoms with Gasteiger partial charge in [0.1, 0.15) is 35.9 Å². The van der Waals surface area contributed by atoms with E-state index in [1.165, 1.54) is 24.3 Å². The maximum atomic E-state index is 9.75. The quantitative estimate of drug-likeness (QED) is 0.457. The maximum Gasteiger partial charge on any atom is 0.229 e. The van der Waals surface area contributed by atoms with Crippen molar-refractivity contribution in [3.05, 3.63) is 24.3 Å². The smallest absolute Gasteiger partial charge is 0.229 e. The van der Waals surface area contributed by atoms with Crippen LogP contribution >= 0.6 is 0 Å². The van der Waals surface area contributed by atoms with E-state index in [0.29, 0.717) is 5.75 Å². The fourth-order valence-corrected chi connectivity index (χ4v) is 1.82. The van der Waals surface area contributed by atoms with Gasteiger partial charge in [-0.05, 0) is 24.3 Å². The first kappa shape index (κ1) is 14.0. The Balaban J connectivity index is 2.08. The van der Waals surface area contributed by atoms with Crippen LogP contribution in [-0.4, -0.2) is 62.8 Å². The highest BCUT2D eigenvalue weighted by molar-refractivity contribution is 5.30. The van der Waals surface area contributed by atoms with Crippen LogP contribution in [0.1, 0.15) is 0 Å². The van der Waals surface area contributed by atoms with Crippen molar-refractivity contribution < 1.29 is 35.0 Å². The van der Waals surface area contributed by atoms with Gasteiger partial charge in [-0.3, -0.25) is 0 Å². The van der Waals surface area contributed by atoms with Crippen molar-refractivity contribution in [2.75, 3.05) is 6.61 Å². The molecular weight excluding hydrogens is 256 g/mol. The van der Waals surface area contributed by atoms with Crippen LogP contribution in [0.3, 0.4) is 0 Å². The Morgan fingerprint density at radius 2 is 1.63 bits per heavy atom. The average Bonchev–Trinajstić information content (AvgIpc) is 2.42. The number of phenolic OH excluding ortho intramolecular Hbond substituents is 1. The summed E-state index contributed by atoms with van der Waals surface area (Å²) in [4.78, 5) is 0. The summed E-state index contributed by atoms with van der Waals surface area (Å²) in [5.74, 6) is 0.364. The largest absolute Gasteiger partial charge is 0.508 e. The summed E-state index contributed by atoms with van der Waals surface area (Å²) in [6.45, 7) is -0.514. The van der Waals surface area contributed by atoms with E-state index in [2.05, 4.69) is 0 Å². The van der Waals surface area contributed by atoms with Gasteiger partial charge in [0.05, 0.1) is 6.61 Å². The first-order valence-corrected chi connectivity index (χ1v) is 5.79. The molecule has 0 aliphatic carbocycles. The second kappa shape index (κ2) is 5.72. The summed E-state index contributed by atoms with van der Waals surface area (Å²) < 4.78 is 10.5. The van der Waals surface area contributed by atoms with Crippen molar-refractivity contribution in [3.63, 3.8) is 0 Å². The zero-order valence-corrected chi connectivity index (χ0v) is 9.96. The van der Waals surface area contributed by atoms with Gasteiger partial charge in [-0.1, -0.05) is 0 Å². The molecule has 0 spiro atoms. The molecule has 7 heteroatoms. The number of aliphatic hydroxyl groups excluding tert-OH is 4. The number of benzene rings is 1. The van der Waals surface area contributed by atoms with Gasteiger partial charge in [0.15, 0.2) is 0 Å². The van der Waals surface area contributed by atoms with Crippen molar-refractivity contribution in [2.45, 2.75) is 30.7 Å². The van der Waals surface area contributed by atoms with Gasteiger partial charge >= 0.3 is 0 Å². The Labute approximate surface area is 109 Å². The van der Waals surface area contributed by atoms with Crippen LogP contribution in [0.4, 0.5) is 0 Å². The molecule has 0 unspecified atom stereocenters. The van der Waals surface area contributed by atoms with Gasteiger partial charge in [-0.15, -0.1) is 0 Å². The van der Waals surface area contributed by atoms with Crippen LogP contribution in [0.15, 0.2) is 24.3 Å². The first-order chi connectivity index (χ1) is 9.02. The summed E-state index contributed by atoms with van der Waals surface area (Å²) in [7, 11) is 0. The molecule has 1 aliphatic heterocycles. The average molecular weight is 272 g/mol. The van der Waals surface area contributed by atoms with Crippen LogP contribution in [-0.2, 0) is 4.74 Å². The third-order valence-corrected chi connectivity index (χ3v) is 2.94. The van der Waals surface area contributed by atoms with Gasteiger partial charge in [0, 0.05) is 0 Å². The number of hydrogen-bond donors (Lipinski definition) is 5. The number of ether oxygens (including phenoxy) is 2. The Hall–Kier alpha value is -1.38. The summed E-state index contributed by atoms with van der Waals surface area (Å²) in [6, 6.07) is 5.69. The molecule has 1 saturated heterocycles. The number of hydrogen-bond acceptors (Lipinski definition) is 7. The standard InChI is InChI=1S/C12H16O7/c13-5-8-9(15)10(16)11(17)12(19-8)18-7-3-1-6(14)2-4-7/h1-4,8-17H,5H2/t8-,9-,10+,11-,12+/m0/s1. The SMILES string of the molecule is OC[C@@H]1O[C@@H](Oc2ccc(O)cc2)[C@@H](O)[C@H](O)[C@H]1O. The van der Waals surface area contributed by atoms with Crippen LogP contribution < -0.4 is 4.74 Å². The molecule has 0 radical (unpaired) electrons. The Bertz CT molecular complexity index is 405. The summed E-state index contributed by atoms with van der Waals surface area (Å²) in [5.41, 5.74) is 0. The normalized spacial score (nSPS) is 35.1. The van der Waals surface area contributed by atoms with Gasteiger partial charge in [-0.25, -0.2) is 0 Å². The van der Waals surface area contributed by atoms with Crippen LogP contribution in [0.25, 0.3) is 0 Å². The lowest BCUT2D eigenvalue weighted by Crippen LogP contribution is -2.60. The van der Waals surface area contributed by atoms with Crippen molar-refractivity contribution >= 4 is 0 Å². The van der Waals surface area contributed by atoms with Gasteiger partial charge in [-0.2, -0.15) is 0 Å². The van der Waals surface area contributed by atoms with E-state index in [0.717, 1.165) is 0 Å². The lowest BCUT2D eigenvalue weighted by Gasteiger charge is -2.39. The molecule has 1 aromatic rings. The zero-order valence-electron chi connectivity index (χ0n) is 9.96. The van der Waals surface area contributed by atoms with E-state index in [4.69, 9.17) is 19.7 Å². The highest BCUT2D eigenvalue weighted by Crippen LogP contribution is 2.25. The Kier molecular flexibility index (Phi) is 4.23. The molecule has 1 fully saturated rings. The fraction of sp³-hybridized carbons (Fsp3) is 0.500. The highest BCUT2D eigenvalue weighted by Gasteiger charge is 2.44. The molecule has 2 rings (SSSR count). The Morgan fingerprint density at radius 1 is 1.00 bits per heavy atom. The molecule has 0 aromatic heterocycles. The molecule has 106 valence electrons. The van der Waals surface area contributed by atoms with Gasteiger partial charge < -0.3 is 35.0 Å². The number of phenols is 1. The lowest BCUT2D eigenvalue weighted by molar-refractivity contribution is -0.277. The Morgan fingerprint density at radius 3 is 2.21 bits per heavy atom. The van der Waals surface area contributed by atoms with E-state index < -0.39 is 37.3 Å². The van der Waals surface area contributed by atoms with Crippen molar-refractivity contribution in [3.8, 4) is 11.5 Å². The van der Waals surface area contributed by atoms with E-state index >= 15 is 0 Å². The molecule has 1 aromatic carbocycles. The highest BCUT2D eigenvalue weighted by atomic mass is 16.7. The molecule has 5 atom stereocenters. The number of aromatic hydroxyl groups is 1. The molecule has 5 N–H and O–H groups in total. The van der Waals surface area contributed by atoms with E-state index in [9.17, 15) is 15.3 Å². The minimum atomic E-state index is -1.48. The monoisotopic (exact) mass is 272 g/mol. The maximum absolute atomic E-state index is 9.75. The minimum Gasteiger partial charge on any atom is -0.508 e. The molecule has 1 heterocycles. The second-order valence-corrected chi connectivity index (χ2v) is 4.31. The lowest BCUT2D eigenvalue weighted by atomic mass is 9.99. The molecule has 7 nitrogen and oxygen atoms in total. The van der Waals surface area contributed by atoms with E-state index in [1.54, 1.807) is 0 Å².